The van der Waals surface area contributed by atoms with Gasteiger partial charge in [-0.1, -0.05) is 49.5 Å². The van der Waals surface area contributed by atoms with Crippen LogP contribution in [-0.4, -0.2) is 75.2 Å². The van der Waals surface area contributed by atoms with Gasteiger partial charge in [-0.2, -0.15) is 5.10 Å². The summed E-state index contributed by atoms with van der Waals surface area (Å²) in [5.41, 5.74) is 7.18. The summed E-state index contributed by atoms with van der Waals surface area (Å²) in [6, 6.07) is 4.80. The van der Waals surface area contributed by atoms with E-state index in [1.807, 2.05) is 31.7 Å². The van der Waals surface area contributed by atoms with E-state index >= 15 is 0 Å². The highest BCUT2D eigenvalue weighted by Gasteiger charge is 2.29. The molecule has 0 aliphatic carbocycles. The minimum Gasteiger partial charge on any atom is -0.364 e. The van der Waals surface area contributed by atoms with E-state index in [1.165, 1.54) is 0 Å². The smallest absolute Gasteiger partial charge is 0.271 e. The summed E-state index contributed by atoms with van der Waals surface area (Å²) >= 11 is 12.5. The van der Waals surface area contributed by atoms with Gasteiger partial charge < -0.3 is 20.9 Å². The fraction of sp³-hybridized carbons (Fsp3) is 0.500. The quantitative estimate of drug-likeness (QED) is 0.488. The minimum absolute atomic E-state index is 0.0522. The first-order chi connectivity index (χ1) is 18.3. The van der Waals surface area contributed by atoms with Crippen LogP contribution < -0.4 is 16.0 Å². The number of halogens is 2. The predicted molar refractivity (Wildman–Crippen MR) is 150 cm³/mol. The number of carbonyl (C=O) groups excluding carboxylic acids is 2. The molecule has 3 N–H and O–H groups in total. The molecule has 3 aromatic rings. The Hall–Kier alpha value is -2.95. The monoisotopic (exact) mass is 560 g/mol. The number of hydrogen-bond acceptors (Lipinski definition) is 7. The van der Waals surface area contributed by atoms with Crippen molar-refractivity contribution >= 4 is 52.0 Å². The first-order valence-electron chi connectivity index (χ1n) is 13.1. The van der Waals surface area contributed by atoms with E-state index in [0.717, 1.165) is 31.4 Å². The van der Waals surface area contributed by atoms with E-state index in [4.69, 9.17) is 33.9 Å². The van der Waals surface area contributed by atoms with Crippen LogP contribution in [0.15, 0.2) is 24.4 Å². The van der Waals surface area contributed by atoms with Gasteiger partial charge in [-0.05, 0) is 44.0 Å². The summed E-state index contributed by atoms with van der Waals surface area (Å²) in [5.74, 6) is 0.143. The number of carbonyl (C=O) groups is 2. The molecule has 2 aliphatic rings. The highest BCUT2D eigenvalue weighted by molar-refractivity contribution is 6.35. The molecular weight excluding hydrogens is 527 g/mol. The van der Waals surface area contributed by atoms with Crippen LogP contribution in [-0.2, 0) is 4.79 Å². The lowest BCUT2D eigenvalue weighted by atomic mass is 10.0. The average Bonchev–Trinajstić information content (AvgIpc) is 3.33. The zero-order valence-electron chi connectivity index (χ0n) is 22.0. The molecule has 0 saturated carbocycles. The molecule has 10 nitrogen and oxygen atoms in total. The Labute approximate surface area is 232 Å². The van der Waals surface area contributed by atoms with Gasteiger partial charge in [0.15, 0.2) is 11.3 Å². The van der Waals surface area contributed by atoms with Crippen LogP contribution in [0, 0.1) is 0 Å². The van der Waals surface area contributed by atoms with Crippen molar-refractivity contribution in [2.75, 3.05) is 37.6 Å². The van der Waals surface area contributed by atoms with Crippen LogP contribution >= 0.6 is 23.2 Å². The van der Waals surface area contributed by atoms with Crippen molar-refractivity contribution in [3.05, 3.63) is 45.7 Å². The summed E-state index contributed by atoms with van der Waals surface area (Å²) in [4.78, 5) is 38.3. The van der Waals surface area contributed by atoms with E-state index in [-0.39, 0.29) is 23.7 Å². The van der Waals surface area contributed by atoms with Crippen LogP contribution in [0.3, 0.4) is 0 Å². The Balaban J connectivity index is 0.00000164. The van der Waals surface area contributed by atoms with Gasteiger partial charge in [-0.25, -0.2) is 14.6 Å². The average molecular weight is 562 g/mol. The largest absolute Gasteiger partial charge is 0.364 e. The molecule has 0 bridgehead atoms. The van der Waals surface area contributed by atoms with Gasteiger partial charge in [-0.15, -0.1) is 0 Å². The van der Waals surface area contributed by atoms with E-state index < -0.39 is 5.91 Å². The standard InChI is InChI=1S/C24H28Cl2N8O2.C2H6/c1-14(16-6-5-15(25)12-17(16)26)34-23-21(20(31-34)22(27)35)29-13-19(30-23)32-8-10-33(11-9-32)24(36)18-4-2-3-7-28-18;1-2/h5-6,12-14,18,28H,2-4,7-11H2,1H3,(H2,27,35);1-2H3. The summed E-state index contributed by atoms with van der Waals surface area (Å²) in [6.45, 7) is 9.29. The number of hydrogen-bond donors (Lipinski definition) is 2. The molecule has 5 rings (SSSR count). The van der Waals surface area contributed by atoms with Crippen molar-refractivity contribution in [1.29, 1.82) is 0 Å². The summed E-state index contributed by atoms with van der Waals surface area (Å²) < 4.78 is 1.62. The molecule has 1 aromatic carbocycles. The van der Waals surface area contributed by atoms with E-state index in [9.17, 15) is 9.59 Å². The maximum Gasteiger partial charge on any atom is 0.271 e. The third-order valence-electron chi connectivity index (χ3n) is 6.93. The molecule has 2 aromatic heterocycles. The fourth-order valence-electron chi connectivity index (χ4n) is 4.90. The zero-order chi connectivity index (χ0) is 27.4. The lowest BCUT2D eigenvalue weighted by Gasteiger charge is -2.37. The van der Waals surface area contributed by atoms with Gasteiger partial charge in [0.1, 0.15) is 11.3 Å². The summed E-state index contributed by atoms with van der Waals surface area (Å²) in [5, 5.41) is 8.79. The van der Waals surface area contributed by atoms with Gasteiger partial charge >= 0.3 is 0 Å². The number of piperidine rings is 1. The van der Waals surface area contributed by atoms with Crippen molar-refractivity contribution in [3.8, 4) is 0 Å². The Morgan fingerprint density at radius 2 is 1.87 bits per heavy atom. The predicted octanol–water partition coefficient (Wildman–Crippen LogP) is 3.66. The second kappa shape index (κ2) is 12.3. The third kappa shape index (κ3) is 5.72. The molecule has 38 heavy (non-hydrogen) atoms. The molecule has 2 fully saturated rings. The molecule has 2 amide bonds. The van der Waals surface area contributed by atoms with Crippen molar-refractivity contribution in [1.82, 2.24) is 30.0 Å². The highest BCUT2D eigenvalue weighted by atomic mass is 35.5. The lowest BCUT2D eigenvalue weighted by Crippen LogP contribution is -2.55. The first-order valence-corrected chi connectivity index (χ1v) is 13.9. The van der Waals surface area contributed by atoms with Crippen LogP contribution in [0.2, 0.25) is 10.0 Å². The number of primary amides is 1. The first kappa shape index (κ1) is 28.1. The van der Waals surface area contributed by atoms with E-state index in [1.54, 1.807) is 23.0 Å². The number of nitrogens with zero attached hydrogens (tertiary/aromatic N) is 6. The molecule has 2 saturated heterocycles. The Bertz CT molecular complexity index is 1300. The van der Waals surface area contributed by atoms with Gasteiger partial charge in [0.25, 0.3) is 5.91 Å². The number of benzene rings is 1. The summed E-state index contributed by atoms with van der Waals surface area (Å²) in [7, 11) is 0. The number of amides is 2. The Morgan fingerprint density at radius 1 is 1.13 bits per heavy atom. The number of anilines is 1. The number of aromatic nitrogens is 4. The van der Waals surface area contributed by atoms with Gasteiger partial charge in [0.05, 0.1) is 18.3 Å². The Morgan fingerprint density at radius 3 is 2.50 bits per heavy atom. The van der Waals surface area contributed by atoms with Gasteiger partial charge in [-0.3, -0.25) is 9.59 Å². The summed E-state index contributed by atoms with van der Waals surface area (Å²) in [6.07, 6.45) is 4.72. The third-order valence-corrected chi connectivity index (χ3v) is 7.49. The van der Waals surface area contributed by atoms with Crippen molar-refractivity contribution in [3.63, 3.8) is 0 Å². The molecule has 4 heterocycles. The highest BCUT2D eigenvalue weighted by Crippen LogP contribution is 2.31. The maximum atomic E-state index is 12.9. The molecule has 2 atom stereocenters. The molecule has 204 valence electrons. The SMILES string of the molecule is CC.CC(c1ccc(Cl)cc1Cl)n1nc(C(N)=O)c2ncc(N3CCN(C(=O)C4CCCCN4)CC3)nc21. The molecule has 0 spiro atoms. The van der Waals surface area contributed by atoms with E-state index in [0.29, 0.717) is 53.2 Å². The van der Waals surface area contributed by atoms with Crippen LogP contribution in [0.25, 0.3) is 11.2 Å². The van der Waals surface area contributed by atoms with Crippen molar-refractivity contribution in [2.24, 2.45) is 5.73 Å². The topological polar surface area (TPSA) is 122 Å². The number of rotatable bonds is 5. The van der Waals surface area contributed by atoms with Crippen molar-refractivity contribution < 1.29 is 9.59 Å². The van der Waals surface area contributed by atoms with Crippen LogP contribution in [0.5, 0.6) is 0 Å². The normalized spacial score (nSPS) is 18.6. The fourth-order valence-corrected chi connectivity index (χ4v) is 5.47. The molecule has 2 unspecified atom stereocenters. The maximum absolute atomic E-state index is 12.9. The van der Waals surface area contributed by atoms with Crippen LogP contribution in [0.4, 0.5) is 5.82 Å². The molecule has 0 radical (unpaired) electrons. The second-order valence-corrected chi connectivity index (χ2v) is 10.1. The lowest BCUT2D eigenvalue weighted by molar-refractivity contribution is -0.134. The Kier molecular flexibility index (Phi) is 9.07. The minimum atomic E-state index is -0.682. The molecular formula is C26H34Cl2N8O2. The van der Waals surface area contributed by atoms with Gasteiger partial charge in [0.2, 0.25) is 5.91 Å². The van der Waals surface area contributed by atoms with Crippen molar-refractivity contribution in [2.45, 2.75) is 52.1 Å². The zero-order valence-corrected chi connectivity index (χ0v) is 23.5. The molecule has 2 aliphatic heterocycles. The number of fused-ring (bicyclic) bond motifs is 1. The van der Waals surface area contributed by atoms with Gasteiger partial charge in [0, 0.05) is 36.2 Å². The number of nitrogens with one attached hydrogen (secondary N) is 1. The molecule has 12 heteroatoms. The van der Waals surface area contributed by atoms with Crippen LogP contribution in [0.1, 0.15) is 62.1 Å². The second-order valence-electron chi connectivity index (χ2n) is 9.21. The number of nitrogens with two attached hydrogens (primary N) is 1. The number of piperazine rings is 1. The van der Waals surface area contributed by atoms with E-state index in [2.05, 4.69) is 20.3 Å².